The van der Waals surface area contributed by atoms with Crippen molar-refractivity contribution in [3.63, 3.8) is 0 Å². The summed E-state index contributed by atoms with van der Waals surface area (Å²) < 4.78 is 0. The normalized spacial score (nSPS) is 33.7. The quantitative estimate of drug-likeness (QED) is 0.420. The maximum Gasteiger partial charge on any atom is 0.191 e. The van der Waals surface area contributed by atoms with Crippen molar-refractivity contribution in [2.45, 2.75) is 31.8 Å². The summed E-state index contributed by atoms with van der Waals surface area (Å²) in [6, 6.07) is 1.30. The van der Waals surface area contributed by atoms with Gasteiger partial charge in [0.25, 0.3) is 0 Å². The summed E-state index contributed by atoms with van der Waals surface area (Å²) in [5, 5.41) is 6.83. The zero-order valence-corrected chi connectivity index (χ0v) is 14.1. The lowest BCUT2D eigenvalue weighted by Gasteiger charge is -2.47. The van der Waals surface area contributed by atoms with Gasteiger partial charge in [-0.3, -0.25) is 14.8 Å². The molecule has 2 bridgehead atoms. The number of halogens is 1. The van der Waals surface area contributed by atoms with E-state index in [1.807, 2.05) is 0 Å². The zero-order chi connectivity index (χ0) is 12.4. The van der Waals surface area contributed by atoms with Crippen molar-refractivity contribution in [2.75, 3.05) is 45.8 Å². The first-order valence-corrected chi connectivity index (χ1v) is 7.36. The molecule has 1 atom stereocenters. The smallest absolute Gasteiger partial charge is 0.191 e. The van der Waals surface area contributed by atoms with Crippen molar-refractivity contribution in [3.05, 3.63) is 0 Å². The second-order valence-corrected chi connectivity index (χ2v) is 5.63. The Balaban J connectivity index is 0.00000133. The predicted molar refractivity (Wildman–Crippen MR) is 89.4 cm³/mol. The molecule has 1 aliphatic carbocycles. The van der Waals surface area contributed by atoms with Crippen molar-refractivity contribution in [3.8, 4) is 0 Å². The van der Waals surface area contributed by atoms with Gasteiger partial charge in [-0.15, -0.1) is 24.0 Å². The molecule has 19 heavy (non-hydrogen) atoms. The first-order chi connectivity index (χ1) is 8.85. The molecule has 0 spiro atoms. The van der Waals surface area contributed by atoms with E-state index in [4.69, 9.17) is 4.99 Å². The van der Waals surface area contributed by atoms with Crippen LogP contribution in [0.1, 0.15) is 19.8 Å². The highest BCUT2D eigenvalue weighted by Gasteiger charge is 2.31. The molecular weight excluding hydrogens is 353 g/mol. The molecule has 3 aliphatic heterocycles. The first-order valence-electron chi connectivity index (χ1n) is 7.36. The van der Waals surface area contributed by atoms with E-state index in [2.05, 4.69) is 27.4 Å². The maximum absolute atomic E-state index is 4.76. The van der Waals surface area contributed by atoms with Gasteiger partial charge in [0, 0.05) is 51.4 Å². The number of guanidine groups is 1. The fraction of sp³-hybridized carbons (Fsp3) is 0.923. The molecule has 4 rings (SSSR count). The number of nitrogens with zero attached hydrogens (tertiary/aromatic N) is 3. The third-order valence-corrected chi connectivity index (χ3v) is 4.11. The van der Waals surface area contributed by atoms with Crippen LogP contribution in [0.4, 0.5) is 0 Å². The molecule has 5 nitrogen and oxygen atoms in total. The van der Waals surface area contributed by atoms with E-state index in [0.29, 0.717) is 12.1 Å². The van der Waals surface area contributed by atoms with E-state index in [0.717, 1.165) is 19.0 Å². The zero-order valence-electron chi connectivity index (χ0n) is 11.8. The van der Waals surface area contributed by atoms with Crippen LogP contribution in [-0.4, -0.2) is 73.7 Å². The lowest BCUT2D eigenvalue weighted by Crippen LogP contribution is -2.62. The molecule has 4 fully saturated rings. The third kappa shape index (κ3) is 4.19. The highest BCUT2D eigenvalue weighted by Crippen LogP contribution is 2.18. The molecule has 1 unspecified atom stereocenters. The molecule has 0 amide bonds. The minimum Gasteiger partial charge on any atom is -0.357 e. The number of nitrogens with one attached hydrogen (secondary N) is 2. The first kappa shape index (κ1) is 15.3. The third-order valence-electron chi connectivity index (χ3n) is 4.11. The Labute approximate surface area is 133 Å². The maximum atomic E-state index is 4.76. The Morgan fingerprint density at radius 3 is 2.47 bits per heavy atom. The van der Waals surface area contributed by atoms with Crippen LogP contribution in [0.25, 0.3) is 0 Å². The number of piperazine rings is 3. The summed E-state index contributed by atoms with van der Waals surface area (Å²) in [4.78, 5) is 9.93. The molecule has 1 saturated carbocycles. The summed E-state index contributed by atoms with van der Waals surface area (Å²) in [7, 11) is 0. The summed E-state index contributed by atoms with van der Waals surface area (Å²) in [6.45, 7) is 10.2. The minimum absolute atomic E-state index is 0. The molecule has 2 N–H and O–H groups in total. The fourth-order valence-corrected chi connectivity index (χ4v) is 2.84. The minimum atomic E-state index is 0. The van der Waals surface area contributed by atoms with Gasteiger partial charge in [-0.2, -0.15) is 0 Å². The second-order valence-electron chi connectivity index (χ2n) is 5.63. The molecule has 0 aromatic rings. The summed E-state index contributed by atoms with van der Waals surface area (Å²) in [6.07, 6.45) is 2.60. The van der Waals surface area contributed by atoms with Crippen LogP contribution in [0.2, 0.25) is 0 Å². The van der Waals surface area contributed by atoms with Gasteiger partial charge in [-0.25, -0.2) is 0 Å². The molecule has 6 heteroatoms. The fourth-order valence-electron chi connectivity index (χ4n) is 2.84. The monoisotopic (exact) mass is 379 g/mol. The molecule has 0 aromatic heterocycles. The number of hydrogen-bond donors (Lipinski definition) is 2. The summed E-state index contributed by atoms with van der Waals surface area (Å²) >= 11 is 0. The summed E-state index contributed by atoms with van der Waals surface area (Å²) in [5.74, 6) is 1.01. The van der Waals surface area contributed by atoms with Crippen LogP contribution in [0.5, 0.6) is 0 Å². The number of aliphatic imine (C=N–C) groups is 1. The highest BCUT2D eigenvalue weighted by molar-refractivity contribution is 14.0. The summed E-state index contributed by atoms with van der Waals surface area (Å²) in [5.41, 5.74) is 0. The van der Waals surface area contributed by atoms with Gasteiger partial charge >= 0.3 is 0 Å². The molecule has 3 heterocycles. The van der Waals surface area contributed by atoms with Crippen LogP contribution in [0, 0.1) is 0 Å². The Morgan fingerprint density at radius 1 is 1.21 bits per heavy atom. The molecule has 110 valence electrons. The van der Waals surface area contributed by atoms with Gasteiger partial charge in [-0.05, 0) is 19.8 Å². The number of fused-ring (bicyclic) bond motifs is 3. The van der Waals surface area contributed by atoms with E-state index < -0.39 is 0 Å². The Morgan fingerprint density at radius 2 is 1.95 bits per heavy atom. The van der Waals surface area contributed by atoms with Gasteiger partial charge in [0.1, 0.15) is 0 Å². The van der Waals surface area contributed by atoms with E-state index >= 15 is 0 Å². The topological polar surface area (TPSA) is 42.9 Å². The Hall–Kier alpha value is -0.0800. The molecule has 4 aliphatic rings. The van der Waals surface area contributed by atoms with Crippen LogP contribution in [-0.2, 0) is 0 Å². The SMILES string of the molecule is CCNC(=NCC1CN2CCN1CC2)NC1CC1.I. The van der Waals surface area contributed by atoms with E-state index in [9.17, 15) is 0 Å². The number of rotatable bonds is 4. The van der Waals surface area contributed by atoms with E-state index in [1.165, 1.54) is 45.6 Å². The van der Waals surface area contributed by atoms with Crippen molar-refractivity contribution in [1.82, 2.24) is 20.4 Å². The van der Waals surface area contributed by atoms with Crippen LogP contribution >= 0.6 is 24.0 Å². The van der Waals surface area contributed by atoms with Crippen LogP contribution in [0.3, 0.4) is 0 Å². The molecule has 3 saturated heterocycles. The lowest BCUT2D eigenvalue weighted by atomic mass is 10.1. The average Bonchev–Trinajstić information content (AvgIpc) is 3.22. The van der Waals surface area contributed by atoms with Crippen molar-refractivity contribution in [1.29, 1.82) is 0 Å². The Kier molecular flexibility index (Phi) is 5.70. The lowest BCUT2D eigenvalue weighted by molar-refractivity contribution is 0.0174. The number of hydrogen-bond acceptors (Lipinski definition) is 3. The average molecular weight is 379 g/mol. The second kappa shape index (κ2) is 7.08. The standard InChI is InChI=1S/C13H25N5.HI/c1-2-14-13(16-11-3-4-11)15-9-12-10-17-5-7-18(12)8-6-17;/h11-12H,2-10H2,1H3,(H2,14,15,16);1H. The van der Waals surface area contributed by atoms with E-state index in [1.54, 1.807) is 0 Å². The van der Waals surface area contributed by atoms with Crippen LogP contribution < -0.4 is 10.6 Å². The Bertz CT molecular complexity index is 310. The van der Waals surface area contributed by atoms with Gasteiger partial charge in [0.15, 0.2) is 5.96 Å². The molecular formula is C13H26IN5. The van der Waals surface area contributed by atoms with Crippen molar-refractivity contribution >= 4 is 29.9 Å². The molecule has 0 aromatic carbocycles. The highest BCUT2D eigenvalue weighted by atomic mass is 127. The van der Waals surface area contributed by atoms with Crippen molar-refractivity contribution in [2.24, 2.45) is 4.99 Å². The predicted octanol–water partition coefficient (Wildman–Crippen LogP) is 0.322. The van der Waals surface area contributed by atoms with Gasteiger partial charge < -0.3 is 10.6 Å². The molecule has 0 radical (unpaired) electrons. The largest absolute Gasteiger partial charge is 0.357 e. The van der Waals surface area contributed by atoms with Gasteiger partial charge in [-0.1, -0.05) is 0 Å². The van der Waals surface area contributed by atoms with E-state index in [-0.39, 0.29) is 24.0 Å². The van der Waals surface area contributed by atoms with Gasteiger partial charge in [0.2, 0.25) is 0 Å². The van der Waals surface area contributed by atoms with Crippen molar-refractivity contribution < 1.29 is 0 Å². The van der Waals surface area contributed by atoms with Crippen LogP contribution in [0.15, 0.2) is 4.99 Å². The van der Waals surface area contributed by atoms with Gasteiger partial charge in [0.05, 0.1) is 6.54 Å².